The van der Waals surface area contributed by atoms with E-state index in [4.69, 9.17) is 9.47 Å². The number of imide groups is 1. The lowest BCUT2D eigenvalue weighted by Gasteiger charge is -2.26. The number of hydrogen-bond acceptors (Lipinski definition) is 6. The van der Waals surface area contributed by atoms with E-state index < -0.39 is 6.04 Å². The standard InChI is InChI=1S/C19H27N3O4/c1-2-26-16-6-4-15(5-7-16)22-18(23)14-17(19(22)24)20-8-3-9-21-10-12-25-13-11-21/h4-7,17,20H,2-3,8-14H2,1H3/t17-/m0/s1. The second kappa shape index (κ2) is 9.12. The highest BCUT2D eigenvalue weighted by molar-refractivity contribution is 6.22. The molecule has 0 radical (unpaired) electrons. The van der Waals surface area contributed by atoms with Gasteiger partial charge in [-0.2, -0.15) is 0 Å². The molecule has 7 heteroatoms. The number of amides is 2. The molecule has 0 bridgehead atoms. The summed E-state index contributed by atoms with van der Waals surface area (Å²) in [5.41, 5.74) is 0.598. The van der Waals surface area contributed by atoms with Crippen LogP contribution in [0.15, 0.2) is 24.3 Å². The first kappa shape index (κ1) is 18.8. The Bertz CT molecular complexity index is 614. The Balaban J connectivity index is 1.48. The van der Waals surface area contributed by atoms with Crippen LogP contribution >= 0.6 is 0 Å². The van der Waals surface area contributed by atoms with Gasteiger partial charge in [-0.1, -0.05) is 0 Å². The number of anilines is 1. The molecule has 0 spiro atoms. The zero-order valence-electron chi connectivity index (χ0n) is 15.3. The first-order valence-corrected chi connectivity index (χ1v) is 9.32. The first-order valence-electron chi connectivity index (χ1n) is 9.32. The number of benzene rings is 1. The van der Waals surface area contributed by atoms with Gasteiger partial charge in [0, 0.05) is 13.1 Å². The molecular formula is C19H27N3O4. The molecule has 1 N–H and O–H groups in total. The number of carbonyl (C=O) groups is 2. The van der Waals surface area contributed by atoms with E-state index in [9.17, 15) is 9.59 Å². The topological polar surface area (TPSA) is 71.1 Å². The average Bonchev–Trinajstić information content (AvgIpc) is 2.94. The van der Waals surface area contributed by atoms with E-state index >= 15 is 0 Å². The van der Waals surface area contributed by atoms with Crippen LogP contribution in [0.2, 0.25) is 0 Å². The van der Waals surface area contributed by atoms with E-state index in [0.717, 1.165) is 51.6 Å². The van der Waals surface area contributed by atoms with Gasteiger partial charge in [0.05, 0.1) is 38.0 Å². The van der Waals surface area contributed by atoms with Gasteiger partial charge in [-0.25, -0.2) is 4.90 Å². The summed E-state index contributed by atoms with van der Waals surface area (Å²) in [5.74, 6) is 0.392. The Labute approximate surface area is 154 Å². The predicted octanol–water partition coefficient (Wildman–Crippen LogP) is 1.03. The number of morpholine rings is 1. The van der Waals surface area contributed by atoms with Gasteiger partial charge in [-0.15, -0.1) is 0 Å². The highest BCUT2D eigenvalue weighted by Crippen LogP contribution is 2.25. The van der Waals surface area contributed by atoms with Crippen LogP contribution in [-0.2, 0) is 14.3 Å². The SMILES string of the molecule is CCOc1ccc(N2C(=O)C[C@H](NCCCN3CCOCC3)C2=O)cc1. The van der Waals surface area contributed by atoms with E-state index in [1.54, 1.807) is 24.3 Å². The molecule has 2 heterocycles. The van der Waals surface area contributed by atoms with Crippen molar-refractivity contribution in [3.63, 3.8) is 0 Å². The van der Waals surface area contributed by atoms with Crippen LogP contribution in [0.3, 0.4) is 0 Å². The third-order valence-corrected chi connectivity index (χ3v) is 4.70. The van der Waals surface area contributed by atoms with Gasteiger partial charge < -0.3 is 14.8 Å². The third kappa shape index (κ3) is 4.60. The van der Waals surface area contributed by atoms with Crippen molar-refractivity contribution in [2.45, 2.75) is 25.8 Å². The number of nitrogens with zero attached hydrogens (tertiary/aromatic N) is 2. The van der Waals surface area contributed by atoms with Crippen molar-refractivity contribution in [3.8, 4) is 5.75 Å². The molecule has 1 aromatic rings. The minimum atomic E-state index is -0.432. The fourth-order valence-corrected chi connectivity index (χ4v) is 3.32. The molecule has 142 valence electrons. The van der Waals surface area contributed by atoms with Crippen molar-refractivity contribution in [3.05, 3.63) is 24.3 Å². The lowest BCUT2D eigenvalue weighted by atomic mass is 10.2. The highest BCUT2D eigenvalue weighted by Gasteiger charge is 2.39. The lowest BCUT2D eigenvalue weighted by Crippen LogP contribution is -2.41. The molecule has 2 fully saturated rings. The van der Waals surface area contributed by atoms with Crippen LogP contribution in [0, 0.1) is 0 Å². The molecule has 0 aromatic heterocycles. The van der Waals surface area contributed by atoms with Crippen LogP contribution in [0.5, 0.6) is 5.75 Å². The zero-order chi connectivity index (χ0) is 18.4. The monoisotopic (exact) mass is 361 g/mol. The van der Waals surface area contributed by atoms with Gasteiger partial charge in [-0.3, -0.25) is 14.5 Å². The van der Waals surface area contributed by atoms with Gasteiger partial charge in [0.2, 0.25) is 5.91 Å². The molecule has 0 unspecified atom stereocenters. The van der Waals surface area contributed by atoms with Crippen molar-refractivity contribution < 1.29 is 19.1 Å². The van der Waals surface area contributed by atoms with E-state index in [2.05, 4.69) is 10.2 Å². The molecule has 2 amide bonds. The van der Waals surface area contributed by atoms with Gasteiger partial charge in [-0.05, 0) is 50.7 Å². The summed E-state index contributed by atoms with van der Waals surface area (Å²) < 4.78 is 10.7. The van der Waals surface area contributed by atoms with Crippen molar-refractivity contribution in [1.29, 1.82) is 0 Å². The van der Waals surface area contributed by atoms with E-state index in [0.29, 0.717) is 12.3 Å². The second-order valence-electron chi connectivity index (χ2n) is 6.51. The fraction of sp³-hybridized carbons (Fsp3) is 0.579. The molecule has 0 aliphatic carbocycles. The number of nitrogens with one attached hydrogen (secondary N) is 1. The van der Waals surface area contributed by atoms with Gasteiger partial charge in [0.15, 0.2) is 0 Å². The largest absolute Gasteiger partial charge is 0.494 e. The van der Waals surface area contributed by atoms with Gasteiger partial charge in [0.25, 0.3) is 5.91 Å². The molecule has 7 nitrogen and oxygen atoms in total. The molecule has 3 rings (SSSR count). The maximum absolute atomic E-state index is 12.6. The summed E-state index contributed by atoms with van der Waals surface area (Å²) in [6.07, 6.45) is 1.16. The zero-order valence-corrected chi connectivity index (χ0v) is 15.3. The Morgan fingerprint density at radius 1 is 1.19 bits per heavy atom. The molecular weight excluding hydrogens is 334 g/mol. The number of ether oxygens (including phenoxy) is 2. The van der Waals surface area contributed by atoms with Crippen molar-refractivity contribution >= 4 is 17.5 Å². The van der Waals surface area contributed by atoms with Gasteiger partial charge in [0.1, 0.15) is 5.75 Å². The maximum Gasteiger partial charge on any atom is 0.251 e. The summed E-state index contributed by atoms with van der Waals surface area (Å²) >= 11 is 0. The summed E-state index contributed by atoms with van der Waals surface area (Å²) in [4.78, 5) is 28.5. The van der Waals surface area contributed by atoms with Crippen LogP contribution in [-0.4, -0.2) is 68.8 Å². The predicted molar refractivity (Wildman–Crippen MR) is 98.4 cm³/mol. The summed E-state index contributed by atoms with van der Waals surface area (Å²) in [5, 5.41) is 3.24. The Morgan fingerprint density at radius 2 is 1.92 bits per heavy atom. The Morgan fingerprint density at radius 3 is 2.62 bits per heavy atom. The molecule has 1 atom stereocenters. The van der Waals surface area contributed by atoms with Crippen molar-refractivity contribution in [2.75, 3.05) is 50.9 Å². The quantitative estimate of drug-likeness (QED) is 0.551. The van der Waals surface area contributed by atoms with Crippen molar-refractivity contribution in [1.82, 2.24) is 10.2 Å². The number of rotatable bonds is 8. The Kier molecular flexibility index (Phi) is 6.60. The molecule has 26 heavy (non-hydrogen) atoms. The molecule has 1 aromatic carbocycles. The van der Waals surface area contributed by atoms with Gasteiger partial charge >= 0.3 is 0 Å². The van der Waals surface area contributed by atoms with E-state index in [-0.39, 0.29) is 18.2 Å². The fourth-order valence-electron chi connectivity index (χ4n) is 3.32. The second-order valence-corrected chi connectivity index (χ2v) is 6.51. The van der Waals surface area contributed by atoms with E-state index in [1.165, 1.54) is 4.90 Å². The smallest absolute Gasteiger partial charge is 0.251 e. The minimum absolute atomic E-state index is 0.162. The third-order valence-electron chi connectivity index (χ3n) is 4.70. The lowest BCUT2D eigenvalue weighted by molar-refractivity contribution is -0.121. The average molecular weight is 361 g/mol. The first-order chi connectivity index (χ1) is 12.7. The maximum atomic E-state index is 12.6. The van der Waals surface area contributed by atoms with Crippen molar-refractivity contribution in [2.24, 2.45) is 0 Å². The molecule has 2 aliphatic rings. The minimum Gasteiger partial charge on any atom is -0.494 e. The molecule has 2 aliphatic heterocycles. The van der Waals surface area contributed by atoms with Crippen LogP contribution < -0.4 is 15.0 Å². The Hall–Kier alpha value is -1.96. The molecule has 0 saturated carbocycles. The number of carbonyl (C=O) groups excluding carboxylic acids is 2. The molecule has 2 saturated heterocycles. The van der Waals surface area contributed by atoms with Crippen LogP contribution in [0.1, 0.15) is 19.8 Å². The summed E-state index contributed by atoms with van der Waals surface area (Å²) in [6.45, 7) is 7.71. The van der Waals surface area contributed by atoms with E-state index in [1.807, 2.05) is 6.92 Å². The number of hydrogen-bond donors (Lipinski definition) is 1. The summed E-state index contributed by atoms with van der Waals surface area (Å²) in [6, 6.07) is 6.63. The van der Waals surface area contributed by atoms with Crippen LogP contribution in [0.4, 0.5) is 5.69 Å². The highest BCUT2D eigenvalue weighted by atomic mass is 16.5. The summed E-state index contributed by atoms with van der Waals surface area (Å²) in [7, 11) is 0. The van der Waals surface area contributed by atoms with Crippen LogP contribution in [0.25, 0.3) is 0 Å². The normalized spacial score (nSPS) is 21.4.